The Morgan fingerprint density at radius 1 is 1.55 bits per heavy atom. The normalized spacial score (nSPS) is 9.91. The molecule has 0 aromatic carbocycles. The van der Waals surface area contributed by atoms with Crippen LogP contribution >= 0.6 is 0 Å². The van der Waals surface area contributed by atoms with Gasteiger partial charge in [0.15, 0.2) is 0 Å². The van der Waals surface area contributed by atoms with Crippen LogP contribution in [-0.2, 0) is 4.74 Å². The summed E-state index contributed by atoms with van der Waals surface area (Å²) in [6.07, 6.45) is 1.72. The number of aromatic amines is 1. The van der Waals surface area contributed by atoms with Gasteiger partial charge in [-0.05, 0) is 6.92 Å². The summed E-state index contributed by atoms with van der Waals surface area (Å²) in [5, 5.41) is 6.47. The Labute approximate surface area is 65.5 Å². The molecule has 0 atom stereocenters. The first-order chi connectivity index (χ1) is 5.43. The Hall–Kier alpha value is -1.03. The van der Waals surface area contributed by atoms with E-state index in [-0.39, 0.29) is 0 Å². The molecule has 4 nitrogen and oxygen atoms in total. The molecule has 0 radical (unpaired) electrons. The first-order valence-electron chi connectivity index (χ1n) is 3.64. The molecule has 0 unspecified atom stereocenters. The van der Waals surface area contributed by atoms with Gasteiger partial charge in [0.2, 0.25) is 5.88 Å². The minimum absolute atomic E-state index is 0.554. The summed E-state index contributed by atoms with van der Waals surface area (Å²) >= 11 is 0. The fraction of sp³-hybridized carbons (Fsp3) is 0.571. The van der Waals surface area contributed by atoms with Gasteiger partial charge < -0.3 is 9.47 Å². The fourth-order valence-corrected chi connectivity index (χ4v) is 0.677. The number of ether oxygens (including phenoxy) is 2. The lowest BCUT2D eigenvalue weighted by molar-refractivity contribution is 0.108. The molecule has 1 aromatic rings. The predicted molar refractivity (Wildman–Crippen MR) is 40.6 cm³/mol. The van der Waals surface area contributed by atoms with Crippen LogP contribution in [0.3, 0.4) is 0 Å². The zero-order chi connectivity index (χ0) is 7.94. The highest BCUT2D eigenvalue weighted by Crippen LogP contribution is 2.00. The molecule has 0 aliphatic rings. The van der Waals surface area contributed by atoms with Crippen LogP contribution in [0.4, 0.5) is 0 Å². The molecule has 0 saturated heterocycles. The SMILES string of the molecule is CCOCCOc1cc[nH]n1. The van der Waals surface area contributed by atoms with E-state index in [9.17, 15) is 0 Å². The van der Waals surface area contributed by atoms with Gasteiger partial charge in [0.1, 0.15) is 6.61 Å². The van der Waals surface area contributed by atoms with Crippen LogP contribution in [0.15, 0.2) is 12.3 Å². The van der Waals surface area contributed by atoms with E-state index >= 15 is 0 Å². The van der Waals surface area contributed by atoms with Crippen LogP contribution in [0.25, 0.3) is 0 Å². The Morgan fingerprint density at radius 2 is 2.45 bits per heavy atom. The fourth-order valence-electron chi connectivity index (χ4n) is 0.677. The second-order valence-electron chi connectivity index (χ2n) is 1.96. The van der Waals surface area contributed by atoms with E-state index in [4.69, 9.17) is 9.47 Å². The molecule has 0 amide bonds. The van der Waals surface area contributed by atoms with E-state index in [1.165, 1.54) is 0 Å². The van der Waals surface area contributed by atoms with E-state index in [1.54, 1.807) is 12.3 Å². The molecule has 0 spiro atoms. The lowest BCUT2D eigenvalue weighted by Crippen LogP contribution is -2.06. The molecule has 1 heterocycles. The molecular weight excluding hydrogens is 144 g/mol. The van der Waals surface area contributed by atoms with Gasteiger partial charge in [-0.3, -0.25) is 5.10 Å². The molecule has 0 fully saturated rings. The second-order valence-corrected chi connectivity index (χ2v) is 1.96. The molecule has 1 N–H and O–H groups in total. The summed E-state index contributed by atoms with van der Waals surface area (Å²) in [7, 11) is 0. The van der Waals surface area contributed by atoms with Crippen molar-refractivity contribution in [1.29, 1.82) is 0 Å². The van der Waals surface area contributed by atoms with Gasteiger partial charge in [0.05, 0.1) is 6.61 Å². The van der Waals surface area contributed by atoms with Gasteiger partial charge in [0, 0.05) is 18.9 Å². The third-order valence-electron chi connectivity index (χ3n) is 1.16. The lowest BCUT2D eigenvalue weighted by Gasteiger charge is -2.01. The quantitative estimate of drug-likeness (QED) is 0.642. The number of nitrogens with one attached hydrogen (secondary N) is 1. The highest BCUT2D eigenvalue weighted by atomic mass is 16.5. The Bertz CT molecular complexity index is 175. The van der Waals surface area contributed by atoms with Crippen molar-refractivity contribution in [2.75, 3.05) is 19.8 Å². The standard InChI is InChI=1S/C7H12N2O2/c1-2-10-5-6-11-7-3-4-8-9-7/h3-4H,2,5-6H2,1H3,(H,8,9). The number of hydrogen-bond donors (Lipinski definition) is 1. The van der Waals surface area contributed by atoms with Crippen LogP contribution in [0.2, 0.25) is 0 Å². The minimum Gasteiger partial charge on any atom is -0.474 e. The van der Waals surface area contributed by atoms with Gasteiger partial charge in [-0.15, -0.1) is 5.10 Å². The van der Waals surface area contributed by atoms with E-state index in [2.05, 4.69) is 10.2 Å². The van der Waals surface area contributed by atoms with Gasteiger partial charge in [-0.1, -0.05) is 0 Å². The highest BCUT2D eigenvalue weighted by Gasteiger charge is 1.92. The smallest absolute Gasteiger partial charge is 0.232 e. The highest BCUT2D eigenvalue weighted by molar-refractivity contribution is 5.03. The Balaban J connectivity index is 2.04. The van der Waals surface area contributed by atoms with Crippen molar-refractivity contribution in [2.24, 2.45) is 0 Å². The van der Waals surface area contributed by atoms with Gasteiger partial charge >= 0.3 is 0 Å². The third kappa shape index (κ3) is 3.04. The molecule has 62 valence electrons. The Morgan fingerprint density at radius 3 is 3.09 bits per heavy atom. The minimum atomic E-state index is 0.554. The predicted octanol–water partition coefficient (Wildman–Crippen LogP) is 0.825. The Kier molecular flexibility index (Phi) is 3.47. The first kappa shape index (κ1) is 8.07. The molecule has 1 aromatic heterocycles. The van der Waals surface area contributed by atoms with Crippen LogP contribution in [0, 0.1) is 0 Å². The number of rotatable bonds is 5. The molecule has 0 aliphatic heterocycles. The van der Waals surface area contributed by atoms with Crippen molar-refractivity contribution in [2.45, 2.75) is 6.92 Å². The van der Waals surface area contributed by atoms with Crippen molar-refractivity contribution >= 4 is 0 Å². The van der Waals surface area contributed by atoms with Crippen molar-refractivity contribution in [1.82, 2.24) is 10.2 Å². The van der Waals surface area contributed by atoms with Crippen LogP contribution in [0.1, 0.15) is 6.92 Å². The largest absolute Gasteiger partial charge is 0.474 e. The van der Waals surface area contributed by atoms with Crippen LogP contribution in [-0.4, -0.2) is 30.0 Å². The zero-order valence-corrected chi connectivity index (χ0v) is 6.54. The summed E-state index contributed by atoms with van der Waals surface area (Å²) in [5.41, 5.74) is 0. The number of H-pyrrole nitrogens is 1. The summed E-state index contributed by atoms with van der Waals surface area (Å²) in [6, 6.07) is 1.77. The molecule has 0 bridgehead atoms. The molecule has 0 aliphatic carbocycles. The van der Waals surface area contributed by atoms with Gasteiger partial charge in [0.25, 0.3) is 0 Å². The maximum absolute atomic E-state index is 5.18. The van der Waals surface area contributed by atoms with Crippen molar-refractivity contribution < 1.29 is 9.47 Å². The van der Waals surface area contributed by atoms with Crippen LogP contribution < -0.4 is 4.74 Å². The number of nitrogens with zero attached hydrogens (tertiary/aromatic N) is 1. The third-order valence-corrected chi connectivity index (χ3v) is 1.16. The van der Waals surface area contributed by atoms with Crippen molar-refractivity contribution in [3.63, 3.8) is 0 Å². The molecular formula is C7H12N2O2. The topological polar surface area (TPSA) is 47.1 Å². The number of aromatic nitrogens is 2. The summed E-state index contributed by atoms with van der Waals surface area (Å²) < 4.78 is 10.2. The lowest BCUT2D eigenvalue weighted by atomic mass is 10.7. The number of hydrogen-bond acceptors (Lipinski definition) is 3. The molecule has 4 heteroatoms. The van der Waals surface area contributed by atoms with Crippen LogP contribution in [0.5, 0.6) is 5.88 Å². The van der Waals surface area contributed by atoms with E-state index < -0.39 is 0 Å². The summed E-state index contributed by atoms with van der Waals surface area (Å²) in [5.74, 6) is 0.615. The van der Waals surface area contributed by atoms with Gasteiger partial charge in [-0.2, -0.15) is 0 Å². The zero-order valence-electron chi connectivity index (χ0n) is 6.54. The first-order valence-corrected chi connectivity index (χ1v) is 3.64. The summed E-state index contributed by atoms with van der Waals surface area (Å²) in [6.45, 7) is 3.85. The monoisotopic (exact) mass is 156 g/mol. The van der Waals surface area contributed by atoms with E-state index in [0.717, 1.165) is 6.61 Å². The van der Waals surface area contributed by atoms with Crippen molar-refractivity contribution in [3.05, 3.63) is 12.3 Å². The summed E-state index contributed by atoms with van der Waals surface area (Å²) in [4.78, 5) is 0. The second kappa shape index (κ2) is 4.73. The van der Waals surface area contributed by atoms with Gasteiger partial charge in [-0.25, -0.2) is 0 Å². The molecule has 0 saturated carbocycles. The van der Waals surface area contributed by atoms with E-state index in [1.807, 2.05) is 6.92 Å². The van der Waals surface area contributed by atoms with Crippen molar-refractivity contribution in [3.8, 4) is 5.88 Å². The average molecular weight is 156 g/mol. The average Bonchev–Trinajstić information content (AvgIpc) is 2.50. The molecule has 1 rings (SSSR count). The molecule has 11 heavy (non-hydrogen) atoms. The maximum atomic E-state index is 5.18. The maximum Gasteiger partial charge on any atom is 0.232 e. The van der Waals surface area contributed by atoms with E-state index in [0.29, 0.717) is 19.1 Å².